The van der Waals surface area contributed by atoms with E-state index in [0.29, 0.717) is 13.1 Å². The van der Waals surface area contributed by atoms with E-state index in [2.05, 4.69) is 56.9 Å². The number of hydrogen-bond donors (Lipinski definition) is 2. The molecule has 8 heteroatoms. The van der Waals surface area contributed by atoms with E-state index in [4.69, 9.17) is 9.73 Å². The number of rotatable bonds is 8. The number of aliphatic imine (C=N–C) groups is 1. The summed E-state index contributed by atoms with van der Waals surface area (Å²) in [5, 5.41) is 15.2. The van der Waals surface area contributed by atoms with Crippen molar-refractivity contribution in [3.8, 4) is 0 Å². The predicted molar refractivity (Wildman–Crippen MR) is 115 cm³/mol. The fourth-order valence-corrected chi connectivity index (χ4v) is 3.23. The number of hydrogen-bond acceptors (Lipinski definition) is 5. The first-order valence-electron chi connectivity index (χ1n) is 10.3. The van der Waals surface area contributed by atoms with E-state index >= 15 is 0 Å². The SMILES string of the molecule is Cc1ccccc1CN=C(NCCCN1CCOCC1)NCc1nnc(C)n1C. The number of guanidine groups is 1. The van der Waals surface area contributed by atoms with Crippen molar-refractivity contribution in [2.24, 2.45) is 12.0 Å². The Hall–Kier alpha value is -2.45. The maximum absolute atomic E-state index is 5.41. The van der Waals surface area contributed by atoms with Crippen LogP contribution in [0.15, 0.2) is 29.3 Å². The number of ether oxygens (including phenoxy) is 1. The van der Waals surface area contributed by atoms with Crippen LogP contribution >= 0.6 is 0 Å². The van der Waals surface area contributed by atoms with E-state index in [1.54, 1.807) is 0 Å². The Balaban J connectivity index is 1.55. The third kappa shape index (κ3) is 6.54. The molecule has 1 saturated heterocycles. The summed E-state index contributed by atoms with van der Waals surface area (Å²) in [6, 6.07) is 8.36. The van der Waals surface area contributed by atoms with Crippen LogP contribution in [-0.4, -0.2) is 65.0 Å². The zero-order chi connectivity index (χ0) is 20.5. The van der Waals surface area contributed by atoms with Gasteiger partial charge in [-0.2, -0.15) is 0 Å². The minimum absolute atomic E-state index is 0.584. The molecule has 158 valence electrons. The molecule has 1 fully saturated rings. The lowest BCUT2D eigenvalue weighted by molar-refractivity contribution is 0.0376. The molecule has 1 aromatic carbocycles. The van der Waals surface area contributed by atoms with Crippen LogP contribution in [0.1, 0.15) is 29.2 Å². The standard InChI is InChI=1S/C21H33N7O/c1-17-7-4-5-8-19(17)15-23-21(24-16-20-26-25-18(2)27(20)3)22-9-6-10-28-11-13-29-14-12-28/h4-5,7-8H,6,9-16H2,1-3H3,(H2,22,23,24). The van der Waals surface area contributed by atoms with Crippen molar-refractivity contribution >= 4 is 5.96 Å². The van der Waals surface area contributed by atoms with Gasteiger partial charge in [0.2, 0.25) is 0 Å². The van der Waals surface area contributed by atoms with Crippen molar-refractivity contribution < 1.29 is 4.74 Å². The van der Waals surface area contributed by atoms with Crippen LogP contribution in [0.25, 0.3) is 0 Å². The van der Waals surface area contributed by atoms with Gasteiger partial charge in [-0.3, -0.25) is 4.90 Å². The fourth-order valence-electron chi connectivity index (χ4n) is 3.23. The third-order valence-corrected chi connectivity index (χ3v) is 5.31. The molecule has 0 atom stereocenters. The molecule has 0 unspecified atom stereocenters. The number of aromatic nitrogens is 3. The first-order chi connectivity index (χ1) is 14.1. The number of benzene rings is 1. The summed E-state index contributed by atoms with van der Waals surface area (Å²) >= 11 is 0. The molecule has 0 spiro atoms. The summed E-state index contributed by atoms with van der Waals surface area (Å²) in [7, 11) is 1.98. The maximum atomic E-state index is 5.41. The number of nitrogens with zero attached hydrogens (tertiary/aromatic N) is 5. The minimum atomic E-state index is 0.584. The number of aryl methyl sites for hydroxylation is 2. The smallest absolute Gasteiger partial charge is 0.191 e. The molecule has 2 heterocycles. The second kappa shape index (κ2) is 10.9. The largest absolute Gasteiger partial charge is 0.379 e. The Kier molecular flexibility index (Phi) is 8.01. The van der Waals surface area contributed by atoms with Crippen LogP contribution in [0, 0.1) is 13.8 Å². The molecule has 0 radical (unpaired) electrons. The van der Waals surface area contributed by atoms with Gasteiger partial charge >= 0.3 is 0 Å². The molecule has 0 bridgehead atoms. The van der Waals surface area contributed by atoms with Crippen LogP contribution in [0.3, 0.4) is 0 Å². The molecular formula is C21H33N7O. The average Bonchev–Trinajstić information content (AvgIpc) is 3.06. The van der Waals surface area contributed by atoms with Gasteiger partial charge in [-0.25, -0.2) is 4.99 Å². The highest BCUT2D eigenvalue weighted by Crippen LogP contribution is 2.08. The zero-order valence-corrected chi connectivity index (χ0v) is 17.8. The molecular weight excluding hydrogens is 366 g/mol. The van der Waals surface area contributed by atoms with Crippen LogP contribution < -0.4 is 10.6 Å². The first kappa shape index (κ1) is 21.3. The van der Waals surface area contributed by atoms with Gasteiger partial charge < -0.3 is 19.9 Å². The molecule has 0 amide bonds. The van der Waals surface area contributed by atoms with Gasteiger partial charge in [-0.05, 0) is 37.9 Å². The number of morpholine rings is 1. The lowest BCUT2D eigenvalue weighted by Crippen LogP contribution is -2.40. The van der Waals surface area contributed by atoms with Crippen molar-refractivity contribution in [3.05, 3.63) is 47.0 Å². The van der Waals surface area contributed by atoms with E-state index in [0.717, 1.165) is 63.4 Å². The molecule has 1 aromatic heterocycles. The second-order valence-electron chi connectivity index (χ2n) is 7.40. The highest BCUT2D eigenvalue weighted by molar-refractivity contribution is 5.79. The molecule has 0 saturated carbocycles. The van der Waals surface area contributed by atoms with Gasteiger partial charge in [-0.15, -0.1) is 10.2 Å². The molecule has 3 rings (SSSR count). The van der Waals surface area contributed by atoms with Crippen molar-refractivity contribution in [1.29, 1.82) is 0 Å². The third-order valence-electron chi connectivity index (χ3n) is 5.31. The average molecular weight is 400 g/mol. The normalized spacial score (nSPS) is 15.5. The van der Waals surface area contributed by atoms with Crippen molar-refractivity contribution in [1.82, 2.24) is 30.3 Å². The Morgan fingerprint density at radius 3 is 2.66 bits per heavy atom. The topological polar surface area (TPSA) is 79.6 Å². The molecule has 1 aliphatic heterocycles. The van der Waals surface area contributed by atoms with E-state index in [1.165, 1.54) is 11.1 Å². The van der Waals surface area contributed by atoms with Gasteiger partial charge in [0.25, 0.3) is 0 Å². The Bertz CT molecular complexity index is 796. The maximum Gasteiger partial charge on any atom is 0.191 e. The lowest BCUT2D eigenvalue weighted by atomic mass is 10.1. The minimum Gasteiger partial charge on any atom is -0.379 e. The van der Waals surface area contributed by atoms with E-state index in [-0.39, 0.29) is 0 Å². The van der Waals surface area contributed by atoms with Crippen LogP contribution in [0.5, 0.6) is 0 Å². The molecule has 29 heavy (non-hydrogen) atoms. The van der Waals surface area contributed by atoms with Gasteiger partial charge in [0.15, 0.2) is 11.8 Å². The Labute approximate surface area is 173 Å². The molecule has 8 nitrogen and oxygen atoms in total. The predicted octanol–water partition coefficient (Wildman–Crippen LogP) is 1.39. The first-order valence-corrected chi connectivity index (χ1v) is 10.3. The summed E-state index contributed by atoms with van der Waals surface area (Å²) in [5.41, 5.74) is 2.49. The van der Waals surface area contributed by atoms with E-state index in [1.807, 2.05) is 18.5 Å². The quantitative estimate of drug-likeness (QED) is 0.397. The Morgan fingerprint density at radius 2 is 1.93 bits per heavy atom. The van der Waals surface area contributed by atoms with Gasteiger partial charge in [-0.1, -0.05) is 24.3 Å². The highest BCUT2D eigenvalue weighted by Gasteiger charge is 2.10. The molecule has 0 aliphatic carbocycles. The monoisotopic (exact) mass is 399 g/mol. The van der Waals surface area contributed by atoms with Crippen molar-refractivity contribution in [2.45, 2.75) is 33.4 Å². The summed E-state index contributed by atoms with van der Waals surface area (Å²) in [4.78, 5) is 7.24. The Morgan fingerprint density at radius 1 is 1.14 bits per heavy atom. The highest BCUT2D eigenvalue weighted by atomic mass is 16.5. The fraction of sp³-hybridized carbons (Fsp3) is 0.571. The summed E-state index contributed by atoms with van der Waals surface area (Å²) in [6.07, 6.45) is 1.06. The zero-order valence-electron chi connectivity index (χ0n) is 17.8. The van der Waals surface area contributed by atoms with Gasteiger partial charge in [0.05, 0.1) is 26.3 Å². The number of nitrogens with one attached hydrogen (secondary N) is 2. The summed E-state index contributed by atoms with van der Waals surface area (Å²) in [5.74, 6) is 2.59. The molecule has 1 aliphatic rings. The van der Waals surface area contributed by atoms with E-state index in [9.17, 15) is 0 Å². The molecule has 2 aromatic rings. The van der Waals surface area contributed by atoms with Crippen molar-refractivity contribution in [3.63, 3.8) is 0 Å². The second-order valence-corrected chi connectivity index (χ2v) is 7.40. The van der Waals surface area contributed by atoms with Crippen LogP contribution in [-0.2, 0) is 24.9 Å². The van der Waals surface area contributed by atoms with Crippen molar-refractivity contribution in [2.75, 3.05) is 39.4 Å². The van der Waals surface area contributed by atoms with Gasteiger partial charge in [0, 0.05) is 26.7 Å². The van der Waals surface area contributed by atoms with Crippen LogP contribution in [0.2, 0.25) is 0 Å². The van der Waals surface area contributed by atoms with Crippen LogP contribution in [0.4, 0.5) is 0 Å². The lowest BCUT2D eigenvalue weighted by Gasteiger charge is -2.26. The van der Waals surface area contributed by atoms with Gasteiger partial charge in [0.1, 0.15) is 5.82 Å². The molecule has 2 N–H and O–H groups in total. The summed E-state index contributed by atoms with van der Waals surface area (Å²) < 4.78 is 7.40. The van der Waals surface area contributed by atoms with E-state index < -0.39 is 0 Å². The summed E-state index contributed by atoms with van der Waals surface area (Å²) in [6.45, 7) is 11.0.